The fourth-order valence-corrected chi connectivity index (χ4v) is 3.64. The normalized spacial score (nSPS) is 12.0. The van der Waals surface area contributed by atoms with Gasteiger partial charge in [-0.2, -0.15) is 26.3 Å². The van der Waals surface area contributed by atoms with E-state index in [0.29, 0.717) is 12.1 Å². The maximum absolute atomic E-state index is 13.5. The Bertz CT molecular complexity index is 873. The number of hydrogen-bond acceptors (Lipinski definition) is 4. The van der Waals surface area contributed by atoms with Crippen molar-refractivity contribution in [2.75, 3.05) is 27.4 Å². The molecule has 1 unspecified atom stereocenters. The summed E-state index contributed by atoms with van der Waals surface area (Å²) < 4.78 is 95.9. The van der Waals surface area contributed by atoms with E-state index in [4.69, 9.17) is 9.47 Å². The van der Waals surface area contributed by atoms with Crippen LogP contribution in [0, 0.1) is 0 Å². The van der Waals surface area contributed by atoms with E-state index in [1.807, 2.05) is 0 Å². The van der Waals surface area contributed by atoms with Gasteiger partial charge in [-0.3, -0.25) is 4.79 Å². The van der Waals surface area contributed by atoms with Crippen molar-refractivity contribution < 1.29 is 65.6 Å². The summed E-state index contributed by atoms with van der Waals surface area (Å²) in [5.74, 6) is -0.477. The molecular formula is C19H18F6LiO4P. The van der Waals surface area contributed by atoms with Crippen molar-refractivity contribution in [1.82, 2.24) is 0 Å². The molecule has 31 heavy (non-hydrogen) atoms. The van der Waals surface area contributed by atoms with Crippen molar-refractivity contribution in [1.29, 1.82) is 0 Å². The van der Waals surface area contributed by atoms with E-state index in [1.54, 1.807) is 6.07 Å². The van der Waals surface area contributed by atoms with E-state index < -0.39 is 48.9 Å². The molecule has 0 saturated heterocycles. The average molecular weight is 462 g/mol. The molecule has 2 aromatic rings. The Morgan fingerprint density at radius 2 is 1.52 bits per heavy atom. The Kier molecular flexibility index (Phi) is 9.90. The third-order valence-corrected chi connectivity index (χ3v) is 5.03. The molecular weight excluding hydrogens is 444 g/mol. The van der Waals surface area contributed by atoms with Gasteiger partial charge in [-0.25, -0.2) is 0 Å². The molecule has 166 valence electrons. The van der Waals surface area contributed by atoms with Crippen molar-refractivity contribution >= 4 is 19.4 Å². The van der Waals surface area contributed by atoms with E-state index in [9.17, 15) is 31.1 Å². The van der Waals surface area contributed by atoms with Gasteiger partial charge in [0.25, 0.3) is 0 Å². The first kappa shape index (κ1) is 27.3. The molecule has 2 aromatic carbocycles. The summed E-state index contributed by atoms with van der Waals surface area (Å²) in [5.41, 5.74) is -6.17. The van der Waals surface area contributed by atoms with Crippen LogP contribution in [0.2, 0.25) is 0 Å². The van der Waals surface area contributed by atoms with Crippen LogP contribution in [0.5, 0.6) is 11.5 Å². The number of alkyl halides is 6. The Balaban J connectivity index is 0.00000480. The second-order valence-electron chi connectivity index (χ2n) is 5.88. The van der Waals surface area contributed by atoms with Crippen LogP contribution in [-0.4, -0.2) is 33.0 Å². The van der Waals surface area contributed by atoms with Crippen molar-refractivity contribution in [3.8, 4) is 11.5 Å². The van der Waals surface area contributed by atoms with Gasteiger partial charge in [-0.15, -0.1) is 0 Å². The number of para-hydroxylation sites is 1. The largest absolute Gasteiger partial charge is 1.00 e. The number of ether oxygens (including phenoxy) is 3. The van der Waals surface area contributed by atoms with Crippen LogP contribution in [-0.2, 0) is 17.1 Å². The maximum Gasteiger partial charge on any atom is 1.00 e. The van der Waals surface area contributed by atoms with Crippen molar-refractivity contribution in [2.24, 2.45) is 0 Å². The molecule has 4 nitrogen and oxygen atoms in total. The van der Waals surface area contributed by atoms with Gasteiger partial charge in [0, 0.05) is 18.0 Å². The third-order valence-electron chi connectivity index (χ3n) is 3.87. The number of benzene rings is 2. The van der Waals surface area contributed by atoms with E-state index in [-0.39, 0.29) is 44.6 Å². The third kappa shape index (κ3) is 7.14. The van der Waals surface area contributed by atoms with Gasteiger partial charge >= 0.3 is 31.2 Å². The van der Waals surface area contributed by atoms with Crippen LogP contribution in [0.15, 0.2) is 36.4 Å². The monoisotopic (exact) mass is 462 g/mol. The second kappa shape index (κ2) is 11.2. The predicted molar refractivity (Wildman–Crippen MR) is 100 cm³/mol. The molecule has 0 amide bonds. The molecule has 1 atom stereocenters. The minimum atomic E-state index is -5.20. The Labute approximate surface area is 189 Å². The van der Waals surface area contributed by atoms with E-state index >= 15 is 0 Å². The Morgan fingerprint density at radius 3 is 2.00 bits per heavy atom. The molecule has 0 aliphatic rings. The molecule has 12 heteroatoms. The van der Waals surface area contributed by atoms with Crippen LogP contribution in [0.4, 0.5) is 26.3 Å². The molecule has 2 rings (SSSR count). The second-order valence-corrected chi connectivity index (χ2v) is 7.13. The summed E-state index contributed by atoms with van der Waals surface area (Å²) in [7, 11) is 1.34. The summed E-state index contributed by atoms with van der Waals surface area (Å²) in [4.78, 5) is 12.7. The fraction of sp³-hybridized carbons (Fsp3) is 0.316. The predicted octanol–water partition coefficient (Wildman–Crippen LogP) is 2.02. The summed E-state index contributed by atoms with van der Waals surface area (Å²) >= 11 is 0. The number of carbonyl (C=O) groups excluding carboxylic acids is 1. The molecule has 0 spiro atoms. The van der Waals surface area contributed by atoms with Gasteiger partial charge in [0.2, 0.25) is 0 Å². The van der Waals surface area contributed by atoms with Gasteiger partial charge in [0.1, 0.15) is 18.1 Å². The molecule has 0 aliphatic heterocycles. The average Bonchev–Trinajstić information content (AvgIpc) is 2.67. The summed E-state index contributed by atoms with van der Waals surface area (Å²) in [6.45, 7) is 0.302. The molecule has 0 saturated carbocycles. The summed E-state index contributed by atoms with van der Waals surface area (Å²) in [6, 6.07) is 6.71. The van der Waals surface area contributed by atoms with Gasteiger partial charge in [-0.1, -0.05) is 18.2 Å². The van der Waals surface area contributed by atoms with Gasteiger partial charge in [0.15, 0.2) is 5.52 Å². The van der Waals surface area contributed by atoms with Crippen LogP contribution >= 0.6 is 8.58 Å². The number of halogens is 6. The zero-order valence-corrected chi connectivity index (χ0v) is 17.8. The zero-order valence-electron chi connectivity index (χ0n) is 17.8. The van der Waals surface area contributed by atoms with E-state index in [1.165, 1.54) is 25.3 Å². The number of hydrogen-bond donors (Lipinski definition) is 0. The summed E-state index contributed by atoms with van der Waals surface area (Å²) in [6.07, 6.45) is -10.4. The van der Waals surface area contributed by atoms with Gasteiger partial charge in [-0.05, 0) is 26.8 Å². The number of rotatable bonds is 8. The summed E-state index contributed by atoms with van der Waals surface area (Å²) in [5, 5.41) is 0.177. The zero-order chi connectivity index (χ0) is 22.5. The Morgan fingerprint density at radius 1 is 0.968 bits per heavy atom. The van der Waals surface area contributed by atoms with Gasteiger partial charge < -0.3 is 15.6 Å². The van der Waals surface area contributed by atoms with Gasteiger partial charge in [0.05, 0.1) is 24.8 Å². The topological polar surface area (TPSA) is 44.8 Å². The molecule has 0 N–H and O–H groups in total. The first-order valence-electron chi connectivity index (χ1n) is 8.37. The molecule has 0 aliphatic carbocycles. The molecule has 0 heterocycles. The van der Waals surface area contributed by atoms with E-state index in [2.05, 4.69) is 4.74 Å². The SMILES string of the molecule is COCCOc1ccccc1PC(=O)c1c(C(F)(F)F)cc(OC)cc1C(F)(F)F.[H-].[Li+]. The minimum absolute atomic E-state index is 0. The van der Waals surface area contributed by atoms with Crippen molar-refractivity contribution in [3.05, 3.63) is 53.1 Å². The minimum Gasteiger partial charge on any atom is -1.00 e. The molecule has 0 radical (unpaired) electrons. The van der Waals surface area contributed by atoms with Crippen LogP contribution in [0.25, 0.3) is 0 Å². The maximum atomic E-state index is 13.5. The fourth-order valence-electron chi connectivity index (χ4n) is 2.54. The molecule has 0 fully saturated rings. The quantitative estimate of drug-likeness (QED) is 0.261. The molecule has 0 aromatic heterocycles. The number of carbonyl (C=O) groups is 1. The standard InChI is InChI=1S/C19H17F6O4P.Li.H/c1-27-7-8-29-14-5-3-4-6-15(14)30-17(26)16-12(18(20,21)22)9-11(28-2)10-13(16)19(23,24)25;;/h3-6,9-10,30H,7-8H2,1-2H3;;/q;+1;-1. The smallest absolute Gasteiger partial charge is 1.00 e. The van der Waals surface area contributed by atoms with Crippen LogP contribution in [0.1, 0.15) is 22.9 Å². The molecule has 0 bridgehead atoms. The Hall–Kier alpha value is -1.72. The number of methoxy groups -OCH3 is 2. The van der Waals surface area contributed by atoms with Crippen LogP contribution < -0.4 is 33.6 Å². The van der Waals surface area contributed by atoms with E-state index in [0.717, 1.165) is 7.11 Å². The van der Waals surface area contributed by atoms with Crippen molar-refractivity contribution in [2.45, 2.75) is 12.4 Å². The van der Waals surface area contributed by atoms with Crippen molar-refractivity contribution in [3.63, 3.8) is 0 Å². The first-order chi connectivity index (χ1) is 14.0. The van der Waals surface area contributed by atoms with Crippen LogP contribution in [0.3, 0.4) is 0 Å². The first-order valence-corrected chi connectivity index (χ1v) is 9.37.